The Labute approximate surface area is 112 Å². The Morgan fingerprint density at radius 3 is 2.79 bits per heavy atom. The normalized spacial score (nSPS) is 10.2. The molecule has 0 amide bonds. The molecule has 0 atom stereocenters. The number of halogens is 2. The van der Waals surface area contributed by atoms with E-state index in [9.17, 15) is 14.5 Å². The molecule has 19 heavy (non-hydrogen) atoms. The lowest BCUT2D eigenvalue weighted by molar-refractivity contribution is -0.384. The van der Waals surface area contributed by atoms with Crippen molar-refractivity contribution in [2.75, 3.05) is 11.1 Å². The molecule has 0 spiro atoms. The van der Waals surface area contributed by atoms with Crippen LogP contribution in [0.15, 0.2) is 30.3 Å². The van der Waals surface area contributed by atoms with Crippen LogP contribution in [0.5, 0.6) is 0 Å². The van der Waals surface area contributed by atoms with Crippen molar-refractivity contribution in [3.63, 3.8) is 0 Å². The maximum Gasteiger partial charge on any atom is 0.276 e. The molecule has 2 aromatic rings. The number of nitrogen functional groups attached to an aromatic ring is 1. The molecular formula is C11H8ClFN4O2. The lowest BCUT2D eigenvalue weighted by atomic mass is 10.3. The number of nitrogens with one attached hydrogen (secondary N) is 1. The Bertz CT molecular complexity index is 651. The Morgan fingerprint density at radius 1 is 1.37 bits per heavy atom. The van der Waals surface area contributed by atoms with Crippen molar-refractivity contribution in [2.24, 2.45) is 0 Å². The fourth-order valence-corrected chi connectivity index (χ4v) is 1.60. The molecule has 3 N–H and O–H groups in total. The van der Waals surface area contributed by atoms with Crippen LogP contribution in [0.1, 0.15) is 0 Å². The van der Waals surface area contributed by atoms with Crippen molar-refractivity contribution in [2.45, 2.75) is 0 Å². The molecule has 0 aliphatic heterocycles. The first-order chi connectivity index (χ1) is 8.95. The second-order valence-corrected chi connectivity index (χ2v) is 4.05. The summed E-state index contributed by atoms with van der Waals surface area (Å²) in [7, 11) is 0. The highest BCUT2D eigenvalue weighted by Gasteiger charge is 2.11. The summed E-state index contributed by atoms with van der Waals surface area (Å²) in [6.45, 7) is 0. The summed E-state index contributed by atoms with van der Waals surface area (Å²) in [5, 5.41) is 13.6. The smallest absolute Gasteiger partial charge is 0.276 e. The Hall–Kier alpha value is -2.41. The summed E-state index contributed by atoms with van der Waals surface area (Å²) < 4.78 is 13.1. The SMILES string of the molecule is Nc1cc([N+](=O)[O-])cc(Nc2cc(F)ccc2Cl)n1. The average molecular weight is 283 g/mol. The molecule has 2 rings (SSSR count). The molecule has 0 saturated carbocycles. The molecule has 0 saturated heterocycles. The van der Waals surface area contributed by atoms with Gasteiger partial charge >= 0.3 is 0 Å². The van der Waals surface area contributed by atoms with Crippen LogP contribution in [0, 0.1) is 15.9 Å². The van der Waals surface area contributed by atoms with Crippen LogP contribution in [-0.2, 0) is 0 Å². The van der Waals surface area contributed by atoms with Gasteiger partial charge < -0.3 is 11.1 Å². The summed E-state index contributed by atoms with van der Waals surface area (Å²) >= 11 is 5.87. The number of nitro groups is 1. The van der Waals surface area contributed by atoms with Crippen molar-refractivity contribution < 1.29 is 9.31 Å². The topological polar surface area (TPSA) is 94.1 Å². The molecule has 1 heterocycles. The van der Waals surface area contributed by atoms with E-state index >= 15 is 0 Å². The first kappa shape index (κ1) is 13.0. The molecule has 0 bridgehead atoms. The van der Waals surface area contributed by atoms with Crippen molar-refractivity contribution in [3.8, 4) is 0 Å². The van der Waals surface area contributed by atoms with Gasteiger partial charge in [0.2, 0.25) is 0 Å². The van der Waals surface area contributed by atoms with Crippen LogP contribution < -0.4 is 11.1 Å². The quantitative estimate of drug-likeness (QED) is 0.666. The molecular weight excluding hydrogens is 275 g/mol. The predicted molar refractivity (Wildman–Crippen MR) is 70.0 cm³/mol. The van der Waals surface area contributed by atoms with Crippen molar-refractivity contribution in [1.29, 1.82) is 0 Å². The highest BCUT2D eigenvalue weighted by molar-refractivity contribution is 6.33. The predicted octanol–water partition coefficient (Wildman–Crippen LogP) is 3.11. The second-order valence-electron chi connectivity index (χ2n) is 3.64. The molecule has 0 aliphatic carbocycles. The Balaban J connectivity index is 2.38. The van der Waals surface area contributed by atoms with Crippen LogP contribution in [0.2, 0.25) is 5.02 Å². The van der Waals surface area contributed by atoms with Gasteiger partial charge in [-0.25, -0.2) is 9.37 Å². The monoisotopic (exact) mass is 282 g/mol. The van der Waals surface area contributed by atoms with Gasteiger partial charge in [-0.1, -0.05) is 11.6 Å². The first-order valence-electron chi connectivity index (χ1n) is 5.10. The minimum absolute atomic E-state index is 0.0239. The van der Waals surface area contributed by atoms with Crippen molar-refractivity contribution in [3.05, 3.63) is 51.3 Å². The van der Waals surface area contributed by atoms with Crippen LogP contribution in [-0.4, -0.2) is 9.91 Å². The summed E-state index contributed by atoms with van der Waals surface area (Å²) in [5.74, 6) is -0.409. The van der Waals surface area contributed by atoms with Gasteiger partial charge in [0, 0.05) is 0 Å². The van der Waals surface area contributed by atoms with E-state index in [2.05, 4.69) is 10.3 Å². The molecule has 0 radical (unpaired) electrons. The molecule has 8 heteroatoms. The highest BCUT2D eigenvalue weighted by Crippen LogP contribution is 2.27. The molecule has 0 fully saturated rings. The number of anilines is 3. The molecule has 1 aromatic carbocycles. The van der Waals surface area contributed by atoms with E-state index in [4.69, 9.17) is 17.3 Å². The lowest BCUT2D eigenvalue weighted by Crippen LogP contribution is -2.00. The third kappa shape index (κ3) is 3.08. The zero-order valence-electron chi connectivity index (χ0n) is 9.43. The van der Waals surface area contributed by atoms with Crippen molar-refractivity contribution >= 4 is 34.6 Å². The Kier molecular flexibility index (Phi) is 3.48. The maximum absolute atomic E-state index is 13.1. The summed E-state index contributed by atoms with van der Waals surface area (Å²) in [5.41, 5.74) is 5.48. The number of benzene rings is 1. The van der Waals surface area contributed by atoms with Gasteiger partial charge in [-0.2, -0.15) is 0 Å². The second kappa shape index (κ2) is 5.07. The maximum atomic E-state index is 13.1. The van der Waals surface area contributed by atoms with Gasteiger partial charge in [-0.15, -0.1) is 0 Å². The van der Waals surface area contributed by atoms with Gasteiger partial charge in [-0.3, -0.25) is 10.1 Å². The van der Waals surface area contributed by atoms with E-state index in [1.54, 1.807) is 0 Å². The third-order valence-electron chi connectivity index (χ3n) is 2.23. The number of pyridine rings is 1. The molecule has 1 aromatic heterocycles. The standard InChI is InChI=1S/C11H8ClFN4O2/c12-8-2-1-6(13)3-9(8)15-11-5-7(17(18)19)4-10(14)16-11/h1-5H,(H3,14,15,16). The number of hydrogen-bond donors (Lipinski definition) is 2. The van der Waals surface area contributed by atoms with E-state index in [0.717, 1.165) is 12.1 Å². The summed E-state index contributed by atoms with van der Waals surface area (Å²) in [4.78, 5) is 13.9. The van der Waals surface area contributed by atoms with E-state index < -0.39 is 10.7 Å². The van der Waals surface area contributed by atoms with E-state index in [0.29, 0.717) is 0 Å². The number of nitrogens with zero attached hydrogens (tertiary/aromatic N) is 2. The molecule has 0 aliphatic rings. The molecule has 6 nitrogen and oxygen atoms in total. The number of aromatic nitrogens is 1. The van der Waals surface area contributed by atoms with Gasteiger partial charge in [0.15, 0.2) is 0 Å². The van der Waals surface area contributed by atoms with Crippen LogP contribution in [0.3, 0.4) is 0 Å². The third-order valence-corrected chi connectivity index (χ3v) is 2.56. The minimum Gasteiger partial charge on any atom is -0.383 e. The highest BCUT2D eigenvalue weighted by atomic mass is 35.5. The van der Waals surface area contributed by atoms with Gasteiger partial charge in [0.05, 0.1) is 27.8 Å². The summed E-state index contributed by atoms with van der Waals surface area (Å²) in [6, 6.07) is 6.01. The molecule has 98 valence electrons. The largest absolute Gasteiger partial charge is 0.383 e. The Morgan fingerprint density at radius 2 is 2.11 bits per heavy atom. The zero-order valence-corrected chi connectivity index (χ0v) is 10.2. The van der Waals surface area contributed by atoms with Crippen LogP contribution in [0.4, 0.5) is 27.4 Å². The van der Waals surface area contributed by atoms with Gasteiger partial charge in [0.25, 0.3) is 5.69 Å². The lowest BCUT2D eigenvalue weighted by Gasteiger charge is -2.08. The summed E-state index contributed by atoms with van der Waals surface area (Å²) in [6.07, 6.45) is 0. The number of nitrogens with two attached hydrogens (primary N) is 1. The minimum atomic E-state index is -0.601. The number of rotatable bonds is 3. The van der Waals surface area contributed by atoms with E-state index in [1.807, 2.05) is 0 Å². The first-order valence-corrected chi connectivity index (χ1v) is 5.47. The van der Waals surface area contributed by atoms with Gasteiger partial charge in [-0.05, 0) is 18.2 Å². The van der Waals surface area contributed by atoms with Crippen LogP contribution >= 0.6 is 11.6 Å². The number of hydrogen-bond acceptors (Lipinski definition) is 5. The average Bonchev–Trinajstić information content (AvgIpc) is 2.33. The van der Waals surface area contributed by atoms with E-state index in [1.165, 1.54) is 18.2 Å². The van der Waals surface area contributed by atoms with Crippen molar-refractivity contribution in [1.82, 2.24) is 4.98 Å². The fourth-order valence-electron chi connectivity index (χ4n) is 1.44. The fraction of sp³-hybridized carbons (Fsp3) is 0. The van der Waals surface area contributed by atoms with Gasteiger partial charge in [0.1, 0.15) is 17.5 Å². The molecule has 0 unspecified atom stereocenters. The zero-order chi connectivity index (χ0) is 14.0. The van der Waals surface area contributed by atoms with Crippen LogP contribution in [0.25, 0.3) is 0 Å². The van der Waals surface area contributed by atoms with E-state index in [-0.39, 0.29) is 28.0 Å².